The first-order valence-electron chi connectivity index (χ1n) is 14.0. The molecule has 0 radical (unpaired) electrons. The second-order valence-corrected chi connectivity index (χ2v) is 12.4. The molecule has 1 amide bonds. The average Bonchev–Trinajstić information content (AvgIpc) is 3.62. The number of amidine groups is 1. The summed E-state index contributed by atoms with van der Waals surface area (Å²) < 4.78 is 11.7. The Morgan fingerprint density at radius 1 is 1.02 bits per heavy atom. The molecule has 1 aliphatic heterocycles. The molecule has 0 unspecified atom stereocenters. The predicted octanol–water partition coefficient (Wildman–Crippen LogP) is 8.99. The van der Waals surface area contributed by atoms with Crippen LogP contribution in [0.25, 0.3) is 17.3 Å². The van der Waals surface area contributed by atoms with E-state index in [0.29, 0.717) is 38.3 Å². The van der Waals surface area contributed by atoms with Gasteiger partial charge in [0, 0.05) is 27.6 Å². The van der Waals surface area contributed by atoms with Crippen molar-refractivity contribution in [2.24, 2.45) is 4.99 Å². The first-order valence-corrected chi connectivity index (χ1v) is 16.0. The zero-order valence-electron chi connectivity index (χ0n) is 23.2. The SMILES string of the molecule is COc1cc(/C=C2\S/C(=N/c3nc(-c4ccccc4)cs3)N(C3CCCCC3)C2=O)ccc1OCc1ccccc1Cl. The van der Waals surface area contributed by atoms with E-state index >= 15 is 0 Å². The van der Waals surface area contributed by atoms with Gasteiger partial charge in [0.1, 0.15) is 6.61 Å². The molecule has 3 aromatic carbocycles. The quantitative estimate of drug-likeness (QED) is 0.185. The number of amides is 1. The lowest BCUT2D eigenvalue weighted by Gasteiger charge is -2.30. The van der Waals surface area contributed by atoms with E-state index < -0.39 is 0 Å². The Morgan fingerprint density at radius 2 is 1.81 bits per heavy atom. The van der Waals surface area contributed by atoms with Crippen LogP contribution in [0.2, 0.25) is 5.02 Å². The van der Waals surface area contributed by atoms with E-state index in [1.54, 1.807) is 7.11 Å². The van der Waals surface area contributed by atoms with Gasteiger partial charge < -0.3 is 9.47 Å². The van der Waals surface area contributed by atoms with Gasteiger partial charge in [-0.3, -0.25) is 9.69 Å². The first-order chi connectivity index (χ1) is 20.6. The van der Waals surface area contributed by atoms with Crippen molar-refractivity contribution in [3.8, 4) is 22.8 Å². The number of benzene rings is 3. The molecule has 1 saturated carbocycles. The van der Waals surface area contributed by atoms with Crippen molar-refractivity contribution in [2.75, 3.05) is 7.11 Å². The van der Waals surface area contributed by atoms with Gasteiger partial charge in [-0.15, -0.1) is 11.3 Å². The minimum absolute atomic E-state index is 0.0106. The van der Waals surface area contributed by atoms with Crippen LogP contribution in [-0.4, -0.2) is 34.1 Å². The maximum atomic E-state index is 13.8. The van der Waals surface area contributed by atoms with Crippen LogP contribution in [0, 0.1) is 0 Å². The van der Waals surface area contributed by atoms with Gasteiger partial charge >= 0.3 is 0 Å². The fourth-order valence-corrected chi connectivity index (χ4v) is 7.16. The summed E-state index contributed by atoms with van der Waals surface area (Å²) >= 11 is 9.19. The highest BCUT2D eigenvalue weighted by molar-refractivity contribution is 8.18. The standard InChI is InChI=1S/C33H30ClN3O3S2/c1-39-29-18-22(16-17-28(29)40-20-24-12-8-9-15-26(24)34)19-30-31(38)37(25-13-6-3-7-14-25)33(42-30)36-32-35-27(21-41-32)23-10-4-2-5-11-23/h2,4-5,8-12,15-19,21,25H,3,6-7,13-14,20H2,1H3/b30-19-,36-33+. The Kier molecular flexibility index (Phi) is 8.93. The van der Waals surface area contributed by atoms with Crippen molar-refractivity contribution < 1.29 is 14.3 Å². The molecule has 214 valence electrons. The van der Waals surface area contributed by atoms with Gasteiger partial charge in [0.15, 0.2) is 16.7 Å². The summed E-state index contributed by atoms with van der Waals surface area (Å²) in [6.45, 7) is 0.323. The topological polar surface area (TPSA) is 64.0 Å². The number of thiazole rings is 1. The number of carbonyl (C=O) groups excluding carboxylic acids is 1. The first kappa shape index (κ1) is 28.5. The second kappa shape index (κ2) is 13.2. The highest BCUT2D eigenvalue weighted by Gasteiger charge is 2.39. The number of aromatic nitrogens is 1. The van der Waals surface area contributed by atoms with Crippen LogP contribution < -0.4 is 9.47 Å². The summed E-state index contributed by atoms with van der Waals surface area (Å²) in [6, 6.07) is 23.5. The lowest BCUT2D eigenvalue weighted by atomic mass is 9.94. The molecule has 1 aromatic heterocycles. The maximum Gasteiger partial charge on any atom is 0.267 e. The molecule has 0 spiro atoms. The summed E-state index contributed by atoms with van der Waals surface area (Å²) in [7, 11) is 1.61. The number of aliphatic imine (C=N–C) groups is 1. The zero-order valence-corrected chi connectivity index (χ0v) is 25.6. The molecule has 2 heterocycles. The van der Waals surface area contributed by atoms with Gasteiger partial charge in [-0.1, -0.05) is 85.5 Å². The van der Waals surface area contributed by atoms with Crippen molar-refractivity contribution in [3.63, 3.8) is 0 Å². The fraction of sp³-hybridized carbons (Fsp3) is 0.242. The van der Waals surface area contributed by atoms with Gasteiger partial charge in [-0.25, -0.2) is 4.98 Å². The Hall–Kier alpha value is -3.59. The van der Waals surface area contributed by atoms with Crippen LogP contribution >= 0.6 is 34.7 Å². The number of thioether (sulfide) groups is 1. The number of ether oxygens (including phenoxy) is 2. The molecule has 0 atom stereocenters. The predicted molar refractivity (Wildman–Crippen MR) is 173 cm³/mol. The van der Waals surface area contributed by atoms with Crippen molar-refractivity contribution in [3.05, 3.63) is 99.2 Å². The molecular formula is C33H30ClN3O3S2. The van der Waals surface area contributed by atoms with Crippen LogP contribution in [0.5, 0.6) is 11.5 Å². The summed E-state index contributed by atoms with van der Waals surface area (Å²) in [5.74, 6) is 1.18. The monoisotopic (exact) mass is 615 g/mol. The molecule has 42 heavy (non-hydrogen) atoms. The average molecular weight is 616 g/mol. The molecule has 0 bridgehead atoms. The number of nitrogens with zero attached hydrogens (tertiary/aromatic N) is 3. The summed E-state index contributed by atoms with van der Waals surface area (Å²) in [6.07, 6.45) is 7.32. The van der Waals surface area contributed by atoms with Gasteiger partial charge in [0.05, 0.1) is 17.7 Å². The van der Waals surface area contributed by atoms with E-state index in [4.69, 9.17) is 31.1 Å². The Balaban J connectivity index is 1.26. The van der Waals surface area contributed by atoms with E-state index in [2.05, 4.69) is 0 Å². The molecule has 9 heteroatoms. The molecule has 2 aliphatic rings. The highest BCUT2D eigenvalue weighted by atomic mass is 35.5. The Labute approximate surface area is 259 Å². The minimum atomic E-state index is -0.0106. The highest BCUT2D eigenvalue weighted by Crippen LogP contribution is 2.40. The number of hydrogen-bond donors (Lipinski definition) is 0. The van der Waals surface area contributed by atoms with Gasteiger partial charge in [0.25, 0.3) is 5.91 Å². The van der Waals surface area contributed by atoms with Crippen molar-refractivity contribution in [1.82, 2.24) is 9.88 Å². The summed E-state index contributed by atoms with van der Waals surface area (Å²) in [5, 5.41) is 4.01. The van der Waals surface area contributed by atoms with E-state index in [9.17, 15) is 4.79 Å². The number of hydrogen-bond acceptors (Lipinski definition) is 7. The number of carbonyl (C=O) groups is 1. The molecule has 6 nitrogen and oxygen atoms in total. The lowest BCUT2D eigenvalue weighted by Crippen LogP contribution is -2.40. The van der Waals surface area contributed by atoms with Crippen molar-refractivity contribution in [2.45, 2.75) is 44.8 Å². The van der Waals surface area contributed by atoms with Gasteiger partial charge in [-0.2, -0.15) is 4.99 Å². The Bertz CT molecular complexity index is 1630. The van der Waals surface area contributed by atoms with Gasteiger partial charge in [0.2, 0.25) is 5.13 Å². The van der Waals surface area contributed by atoms with Crippen LogP contribution in [0.3, 0.4) is 0 Å². The molecule has 1 aliphatic carbocycles. The van der Waals surface area contributed by atoms with Crippen LogP contribution in [0.4, 0.5) is 5.13 Å². The molecule has 4 aromatic rings. The molecule has 6 rings (SSSR count). The number of methoxy groups -OCH3 is 1. The molecular weight excluding hydrogens is 586 g/mol. The van der Waals surface area contributed by atoms with Crippen molar-refractivity contribution >= 4 is 57.0 Å². The molecule has 2 fully saturated rings. The van der Waals surface area contributed by atoms with E-state index in [1.165, 1.54) is 29.5 Å². The smallest absolute Gasteiger partial charge is 0.267 e. The van der Waals surface area contributed by atoms with Gasteiger partial charge in [-0.05, 0) is 54.4 Å². The molecule has 0 N–H and O–H groups in total. The molecule has 1 saturated heterocycles. The Morgan fingerprint density at radius 3 is 2.60 bits per heavy atom. The summed E-state index contributed by atoms with van der Waals surface area (Å²) in [4.78, 5) is 26.0. The van der Waals surface area contributed by atoms with E-state index in [1.807, 2.05) is 89.2 Å². The minimum Gasteiger partial charge on any atom is -0.493 e. The van der Waals surface area contributed by atoms with E-state index in [-0.39, 0.29) is 11.9 Å². The summed E-state index contributed by atoms with van der Waals surface area (Å²) in [5.41, 5.74) is 3.68. The largest absolute Gasteiger partial charge is 0.493 e. The normalized spacial score (nSPS) is 17.8. The van der Waals surface area contributed by atoms with E-state index in [0.717, 1.165) is 48.1 Å². The third-order valence-corrected chi connectivity index (χ3v) is 9.44. The van der Waals surface area contributed by atoms with Crippen LogP contribution in [0.1, 0.15) is 43.2 Å². The lowest BCUT2D eigenvalue weighted by molar-refractivity contribution is -0.124. The number of halogens is 1. The maximum absolute atomic E-state index is 13.8. The van der Waals surface area contributed by atoms with Crippen LogP contribution in [0.15, 0.2) is 88.1 Å². The third-order valence-electron chi connectivity index (χ3n) is 7.36. The third kappa shape index (κ3) is 6.41. The number of rotatable bonds is 8. The fourth-order valence-electron chi connectivity index (χ4n) is 5.18. The zero-order chi connectivity index (χ0) is 28.9. The van der Waals surface area contributed by atoms with Crippen molar-refractivity contribution in [1.29, 1.82) is 0 Å². The second-order valence-electron chi connectivity index (χ2n) is 10.1. The van der Waals surface area contributed by atoms with Crippen LogP contribution in [-0.2, 0) is 11.4 Å².